The quantitative estimate of drug-likeness (QED) is 0.498. The second-order valence-electron chi connectivity index (χ2n) is 5.79. The predicted molar refractivity (Wildman–Crippen MR) is 108 cm³/mol. The summed E-state index contributed by atoms with van der Waals surface area (Å²) in [6.07, 6.45) is 1.95. The maximum absolute atomic E-state index is 12.0. The van der Waals surface area contributed by atoms with Crippen LogP contribution >= 0.6 is 11.8 Å². The number of para-hydroxylation sites is 1. The van der Waals surface area contributed by atoms with Crippen LogP contribution in [-0.2, 0) is 14.8 Å². The molecule has 2 rings (SSSR count). The smallest absolute Gasteiger partial charge is 0.232 e. The fourth-order valence-corrected chi connectivity index (χ4v) is 4.18. The summed E-state index contributed by atoms with van der Waals surface area (Å²) >= 11 is 1.69. The molecule has 0 spiro atoms. The Kier molecular flexibility index (Phi) is 8.00. The summed E-state index contributed by atoms with van der Waals surface area (Å²) in [7, 11) is -3.37. The first kappa shape index (κ1) is 20.3. The van der Waals surface area contributed by atoms with Gasteiger partial charge in [-0.1, -0.05) is 36.4 Å². The highest BCUT2D eigenvalue weighted by Gasteiger charge is 2.17. The molecular weight excluding hydrogens is 368 g/mol. The van der Waals surface area contributed by atoms with Gasteiger partial charge in [0.15, 0.2) is 0 Å². The molecule has 7 heteroatoms. The minimum absolute atomic E-state index is 0.0554. The topological polar surface area (TPSA) is 66.5 Å². The van der Waals surface area contributed by atoms with Crippen LogP contribution in [0.15, 0.2) is 65.6 Å². The highest BCUT2D eigenvalue weighted by atomic mass is 32.2. The Balaban J connectivity index is 1.71. The van der Waals surface area contributed by atoms with Crippen LogP contribution in [0, 0.1) is 0 Å². The lowest BCUT2D eigenvalue weighted by molar-refractivity contribution is -0.121. The van der Waals surface area contributed by atoms with Gasteiger partial charge in [-0.3, -0.25) is 9.10 Å². The van der Waals surface area contributed by atoms with Crippen molar-refractivity contribution in [1.82, 2.24) is 5.32 Å². The second kappa shape index (κ2) is 10.2. The number of anilines is 1. The monoisotopic (exact) mass is 392 g/mol. The molecule has 0 fully saturated rings. The van der Waals surface area contributed by atoms with Crippen molar-refractivity contribution in [3.8, 4) is 0 Å². The second-order valence-corrected chi connectivity index (χ2v) is 8.86. The molecule has 0 heterocycles. The van der Waals surface area contributed by atoms with E-state index in [0.29, 0.717) is 25.1 Å². The highest BCUT2D eigenvalue weighted by Crippen LogP contribution is 2.18. The number of hydrogen-bond donors (Lipinski definition) is 1. The van der Waals surface area contributed by atoms with E-state index >= 15 is 0 Å². The predicted octanol–water partition coefficient (Wildman–Crippen LogP) is 3.14. The van der Waals surface area contributed by atoms with Crippen molar-refractivity contribution in [2.45, 2.75) is 17.7 Å². The van der Waals surface area contributed by atoms with Crippen LogP contribution in [0.5, 0.6) is 0 Å². The molecule has 26 heavy (non-hydrogen) atoms. The number of benzene rings is 2. The van der Waals surface area contributed by atoms with Gasteiger partial charge >= 0.3 is 0 Å². The van der Waals surface area contributed by atoms with Gasteiger partial charge in [0, 0.05) is 30.2 Å². The van der Waals surface area contributed by atoms with Gasteiger partial charge < -0.3 is 5.32 Å². The van der Waals surface area contributed by atoms with Crippen LogP contribution in [0.3, 0.4) is 0 Å². The zero-order valence-corrected chi connectivity index (χ0v) is 16.4. The van der Waals surface area contributed by atoms with Crippen molar-refractivity contribution in [2.24, 2.45) is 0 Å². The van der Waals surface area contributed by atoms with Crippen LogP contribution in [0.2, 0.25) is 0 Å². The molecule has 140 valence electrons. The van der Waals surface area contributed by atoms with Crippen molar-refractivity contribution in [1.29, 1.82) is 0 Å². The molecule has 0 aliphatic carbocycles. The van der Waals surface area contributed by atoms with E-state index in [1.165, 1.54) is 15.5 Å². The van der Waals surface area contributed by atoms with Crippen molar-refractivity contribution in [2.75, 3.05) is 29.4 Å². The summed E-state index contributed by atoms with van der Waals surface area (Å²) in [6.45, 7) is 0.877. The Labute approximate surface area is 159 Å². The Bertz CT molecular complexity index is 781. The van der Waals surface area contributed by atoms with Gasteiger partial charge in [-0.05, 0) is 30.7 Å². The number of carbonyl (C=O) groups is 1. The molecule has 1 N–H and O–H groups in total. The van der Waals surface area contributed by atoms with Crippen molar-refractivity contribution < 1.29 is 13.2 Å². The average molecular weight is 393 g/mol. The molecule has 0 aliphatic rings. The van der Waals surface area contributed by atoms with E-state index in [1.807, 2.05) is 36.4 Å². The molecule has 0 atom stereocenters. The molecule has 0 saturated heterocycles. The number of nitrogens with zero attached hydrogens (tertiary/aromatic N) is 1. The number of carbonyl (C=O) groups excluding carboxylic acids is 1. The van der Waals surface area contributed by atoms with Gasteiger partial charge in [-0.15, -0.1) is 11.8 Å². The van der Waals surface area contributed by atoms with Crippen molar-refractivity contribution in [3.63, 3.8) is 0 Å². The summed E-state index contributed by atoms with van der Waals surface area (Å²) < 4.78 is 25.3. The fraction of sp³-hybridized carbons (Fsp3) is 0.316. The van der Waals surface area contributed by atoms with Gasteiger partial charge in [0.1, 0.15) is 0 Å². The summed E-state index contributed by atoms with van der Waals surface area (Å²) in [6, 6.07) is 19.0. The van der Waals surface area contributed by atoms with E-state index < -0.39 is 10.0 Å². The number of thioether (sulfide) groups is 1. The number of amides is 1. The van der Waals surface area contributed by atoms with E-state index in [-0.39, 0.29) is 12.5 Å². The average Bonchev–Trinajstić information content (AvgIpc) is 2.63. The van der Waals surface area contributed by atoms with Crippen molar-refractivity contribution in [3.05, 3.63) is 60.7 Å². The minimum Gasteiger partial charge on any atom is -0.355 e. The summed E-state index contributed by atoms with van der Waals surface area (Å²) in [5, 5.41) is 2.88. The van der Waals surface area contributed by atoms with E-state index in [9.17, 15) is 13.2 Å². The van der Waals surface area contributed by atoms with E-state index in [4.69, 9.17) is 0 Å². The molecule has 2 aromatic carbocycles. The maximum atomic E-state index is 12.0. The first-order valence-corrected chi connectivity index (χ1v) is 11.3. The largest absolute Gasteiger partial charge is 0.355 e. The van der Waals surface area contributed by atoms with Crippen LogP contribution in [0.4, 0.5) is 5.69 Å². The Hall–Kier alpha value is -1.99. The highest BCUT2D eigenvalue weighted by molar-refractivity contribution is 7.99. The third-order valence-electron chi connectivity index (χ3n) is 3.65. The molecule has 2 aromatic rings. The van der Waals surface area contributed by atoms with Crippen LogP contribution in [0.1, 0.15) is 12.8 Å². The molecule has 5 nitrogen and oxygen atoms in total. The molecular formula is C19H24N2O3S2. The number of sulfonamides is 1. The summed E-state index contributed by atoms with van der Waals surface area (Å²) in [5.41, 5.74) is 0.620. The van der Waals surface area contributed by atoms with Crippen LogP contribution in [-0.4, -0.2) is 39.4 Å². The number of hydrogen-bond acceptors (Lipinski definition) is 4. The molecule has 1 amide bonds. The Morgan fingerprint density at radius 3 is 2.27 bits per heavy atom. The number of nitrogens with one attached hydrogen (secondary N) is 1. The van der Waals surface area contributed by atoms with Gasteiger partial charge in [-0.25, -0.2) is 8.42 Å². The lowest BCUT2D eigenvalue weighted by Crippen LogP contribution is -2.32. The number of rotatable bonds is 10. The third kappa shape index (κ3) is 7.09. The normalized spacial score (nSPS) is 11.1. The minimum atomic E-state index is -3.37. The lowest BCUT2D eigenvalue weighted by Gasteiger charge is -2.22. The van der Waals surface area contributed by atoms with Crippen LogP contribution < -0.4 is 9.62 Å². The first-order chi connectivity index (χ1) is 12.5. The van der Waals surface area contributed by atoms with Gasteiger partial charge in [-0.2, -0.15) is 0 Å². The fourth-order valence-electron chi connectivity index (χ4n) is 2.43. The molecule has 0 unspecified atom stereocenters. The van der Waals surface area contributed by atoms with Gasteiger partial charge in [0.25, 0.3) is 0 Å². The van der Waals surface area contributed by atoms with E-state index in [0.717, 1.165) is 5.75 Å². The molecule has 0 radical (unpaired) electrons. The lowest BCUT2D eigenvalue weighted by atomic mass is 10.2. The maximum Gasteiger partial charge on any atom is 0.232 e. The molecule has 0 bridgehead atoms. The summed E-state index contributed by atoms with van der Waals surface area (Å²) in [4.78, 5) is 13.1. The SMILES string of the molecule is CS(=O)(=O)N(CCCC(=O)NCCSc1ccccc1)c1ccccc1. The van der Waals surface area contributed by atoms with Crippen molar-refractivity contribution >= 4 is 33.4 Å². The van der Waals surface area contributed by atoms with Gasteiger partial charge in [0.2, 0.25) is 15.9 Å². The zero-order chi connectivity index (χ0) is 18.8. The van der Waals surface area contributed by atoms with Gasteiger partial charge in [0.05, 0.1) is 11.9 Å². The Morgan fingerprint density at radius 1 is 1.04 bits per heavy atom. The Morgan fingerprint density at radius 2 is 1.65 bits per heavy atom. The van der Waals surface area contributed by atoms with Crippen LogP contribution in [0.25, 0.3) is 0 Å². The zero-order valence-electron chi connectivity index (χ0n) is 14.8. The third-order valence-corrected chi connectivity index (χ3v) is 5.85. The summed E-state index contributed by atoms with van der Waals surface area (Å²) in [5.74, 6) is 0.745. The first-order valence-electron chi connectivity index (χ1n) is 8.44. The molecule has 0 aromatic heterocycles. The molecule has 0 aliphatic heterocycles. The standard InChI is InChI=1S/C19H24N2O3S2/c1-26(23,24)21(17-9-4-2-5-10-17)15-8-13-19(22)20-14-16-25-18-11-6-3-7-12-18/h2-7,9-12H,8,13-16H2,1H3,(H,20,22). The van der Waals surface area contributed by atoms with E-state index in [2.05, 4.69) is 5.32 Å². The molecule has 0 saturated carbocycles. The van der Waals surface area contributed by atoms with E-state index in [1.54, 1.807) is 36.0 Å².